The maximum atomic E-state index is 12.5. The molecule has 0 aliphatic heterocycles. The van der Waals surface area contributed by atoms with Crippen molar-refractivity contribution in [2.24, 2.45) is 4.99 Å². The smallest absolute Gasteiger partial charge is 0.352 e. The molecule has 0 unspecified atom stereocenters. The summed E-state index contributed by atoms with van der Waals surface area (Å²) in [6, 6.07) is 7.31. The zero-order valence-corrected chi connectivity index (χ0v) is 16.4. The molecular weight excluding hydrogens is 476 g/mol. The van der Waals surface area contributed by atoms with Gasteiger partial charge < -0.3 is 10.6 Å². The van der Waals surface area contributed by atoms with Crippen LogP contribution >= 0.6 is 46.9 Å². The van der Waals surface area contributed by atoms with Crippen LogP contribution < -0.4 is 10.6 Å². The molecule has 10 heteroatoms. The maximum absolute atomic E-state index is 12.5. The van der Waals surface area contributed by atoms with Gasteiger partial charge in [0.1, 0.15) is 5.01 Å². The van der Waals surface area contributed by atoms with E-state index in [2.05, 4.69) is 20.6 Å². The van der Waals surface area contributed by atoms with Crippen LogP contribution in [0.5, 0.6) is 0 Å². The number of guanidine groups is 1. The van der Waals surface area contributed by atoms with Gasteiger partial charge in [0, 0.05) is 24.0 Å². The molecule has 0 aliphatic rings. The fourth-order valence-electron chi connectivity index (χ4n) is 1.69. The minimum Gasteiger partial charge on any atom is -0.352 e. The first kappa shape index (κ1) is 21.0. The van der Waals surface area contributed by atoms with E-state index >= 15 is 0 Å². The van der Waals surface area contributed by atoms with Gasteiger partial charge in [-0.1, -0.05) is 23.7 Å². The molecule has 0 fully saturated rings. The molecular formula is C14H15ClF3IN4S. The minimum absolute atomic E-state index is 0. The summed E-state index contributed by atoms with van der Waals surface area (Å²) in [6.07, 6.45) is -4.41. The monoisotopic (exact) mass is 490 g/mol. The van der Waals surface area contributed by atoms with Gasteiger partial charge in [-0.15, -0.1) is 35.3 Å². The summed E-state index contributed by atoms with van der Waals surface area (Å²) in [5.74, 6) is 0.476. The molecule has 0 amide bonds. The molecule has 1 heterocycles. The summed E-state index contributed by atoms with van der Waals surface area (Å²) in [7, 11) is 1.58. The van der Waals surface area contributed by atoms with Crippen LogP contribution in [0.4, 0.5) is 13.2 Å². The highest BCUT2D eigenvalue weighted by Gasteiger charge is 2.33. The van der Waals surface area contributed by atoms with Crippen LogP contribution in [0.2, 0.25) is 5.02 Å². The molecule has 0 spiro atoms. The molecule has 4 nitrogen and oxygen atoms in total. The number of hydrogen-bond acceptors (Lipinski definition) is 3. The van der Waals surface area contributed by atoms with E-state index in [4.69, 9.17) is 11.6 Å². The standard InChI is InChI=1S/C14H14ClF3N4S.HI/c1-19-13(20-6-9-2-4-10(15)5-3-9)21-7-12-22-11(8-23-12)14(16,17)18;/h2-5,8H,6-7H2,1H3,(H2,19,20,21);1H. The lowest BCUT2D eigenvalue weighted by Gasteiger charge is -2.11. The van der Waals surface area contributed by atoms with E-state index in [0.29, 0.717) is 22.5 Å². The topological polar surface area (TPSA) is 49.3 Å². The van der Waals surface area contributed by atoms with E-state index in [0.717, 1.165) is 22.3 Å². The lowest BCUT2D eigenvalue weighted by molar-refractivity contribution is -0.140. The molecule has 2 N–H and O–H groups in total. The lowest BCUT2D eigenvalue weighted by atomic mass is 10.2. The summed E-state index contributed by atoms with van der Waals surface area (Å²) < 4.78 is 37.4. The maximum Gasteiger partial charge on any atom is 0.434 e. The Kier molecular flexibility index (Phi) is 8.23. The molecule has 1 aromatic carbocycles. The van der Waals surface area contributed by atoms with Crippen molar-refractivity contribution in [3.8, 4) is 0 Å². The van der Waals surface area contributed by atoms with E-state index in [1.807, 2.05) is 12.1 Å². The van der Waals surface area contributed by atoms with Crippen molar-refractivity contribution in [1.82, 2.24) is 15.6 Å². The number of nitrogens with zero attached hydrogens (tertiary/aromatic N) is 2. The number of benzene rings is 1. The van der Waals surface area contributed by atoms with Gasteiger partial charge in [0.05, 0.1) is 6.54 Å². The quantitative estimate of drug-likeness (QED) is 0.382. The second-order valence-corrected chi connectivity index (χ2v) is 5.91. The number of halogens is 5. The molecule has 132 valence electrons. The van der Waals surface area contributed by atoms with Crippen molar-refractivity contribution in [2.75, 3.05) is 7.05 Å². The number of thiazole rings is 1. The third-order valence-electron chi connectivity index (χ3n) is 2.85. The van der Waals surface area contributed by atoms with Gasteiger partial charge in [-0.25, -0.2) is 4.98 Å². The number of hydrogen-bond donors (Lipinski definition) is 2. The zero-order chi connectivity index (χ0) is 16.9. The average Bonchev–Trinajstić information content (AvgIpc) is 2.98. The Bertz CT molecular complexity index is 673. The molecule has 1 aromatic heterocycles. The lowest BCUT2D eigenvalue weighted by Crippen LogP contribution is -2.36. The molecule has 0 saturated heterocycles. The Morgan fingerprint density at radius 2 is 1.83 bits per heavy atom. The van der Waals surface area contributed by atoms with Gasteiger partial charge in [0.25, 0.3) is 0 Å². The Labute approximate surface area is 163 Å². The van der Waals surface area contributed by atoms with Crippen molar-refractivity contribution >= 4 is 52.9 Å². The molecule has 0 bridgehead atoms. The number of alkyl halides is 3. The summed E-state index contributed by atoms with van der Waals surface area (Å²) >= 11 is 6.76. The second kappa shape index (κ2) is 9.42. The fraction of sp³-hybridized carbons (Fsp3) is 0.286. The molecule has 2 aromatic rings. The Hall–Kier alpha value is -1.07. The van der Waals surface area contributed by atoms with Crippen LogP contribution in [0.25, 0.3) is 0 Å². The van der Waals surface area contributed by atoms with Crippen LogP contribution in [0.3, 0.4) is 0 Å². The Balaban J connectivity index is 0.00000288. The first-order valence-electron chi connectivity index (χ1n) is 6.59. The predicted octanol–water partition coefficient (Wildman–Crippen LogP) is 4.30. The fourth-order valence-corrected chi connectivity index (χ4v) is 2.56. The number of rotatable bonds is 4. The van der Waals surface area contributed by atoms with Crippen LogP contribution in [0, 0.1) is 0 Å². The van der Waals surface area contributed by atoms with Crippen LogP contribution in [-0.4, -0.2) is 18.0 Å². The van der Waals surface area contributed by atoms with E-state index < -0.39 is 11.9 Å². The first-order chi connectivity index (χ1) is 10.9. The first-order valence-corrected chi connectivity index (χ1v) is 7.85. The number of aromatic nitrogens is 1. The highest BCUT2D eigenvalue weighted by atomic mass is 127. The third kappa shape index (κ3) is 6.44. The SMILES string of the molecule is CN=C(NCc1ccc(Cl)cc1)NCc1nc(C(F)(F)F)cs1.I. The van der Waals surface area contributed by atoms with Gasteiger partial charge >= 0.3 is 6.18 Å². The molecule has 0 atom stereocenters. The summed E-state index contributed by atoms with van der Waals surface area (Å²) in [5, 5.41) is 7.98. The molecule has 0 aliphatic carbocycles. The van der Waals surface area contributed by atoms with E-state index in [1.165, 1.54) is 0 Å². The Morgan fingerprint density at radius 1 is 1.21 bits per heavy atom. The largest absolute Gasteiger partial charge is 0.434 e. The van der Waals surface area contributed by atoms with Crippen LogP contribution in [0.1, 0.15) is 16.3 Å². The normalized spacial score (nSPS) is 11.8. The van der Waals surface area contributed by atoms with Gasteiger partial charge in [-0.05, 0) is 17.7 Å². The van der Waals surface area contributed by atoms with Gasteiger partial charge in [-0.2, -0.15) is 13.2 Å². The van der Waals surface area contributed by atoms with Crippen molar-refractivity contribution in [2.45, 2.75) is 19.3 Å². The molecule has 0 saturated carbocycles. The van der Waals surface area contributed by atoms with E-state index in [-0.39, 0.29) is 30.5 Å². The van der Waals surface area contributed by atoms with Crippen molar-refractivity contribution < 1.29 is 13.2 Å². The van der Waals surface area contributed by atoms with Gasteiger partial charge in [-0.3, -0.25) is 4.99 Å². The van der Waals surface area contributed by atoms with E-state index in [9.17, 15) is 13.2 Å². The van der Waals surface area contributed by atoms with Gasteiger partial charge in [0.2, 0.25) is 0 Å². The number of aliphatic imine (C=N–C) groups is 1. The van der Waals surface area contributed by atoms with Crippen molar-refractivity contribution in [3.05, 3.63) is 50.9 Å². The average molecular weight is 491 g/mol. The zero-order valence-electron chi connectivity index (χ0n) is 12.5. The number of nitrogens with one attached hydrogen (secondary N) is 2. The van der Waals surface area contributed by atoms with Crippen molar-refractivity contribution in [1.29, 1.82) is 0 Å². The molecule has 2 rings (SSSR count). The summed E-state index contributed by atoms with van der Waals surface area (Å²) in [5.41, 5.74) is 0.134. The molecule has 24 heavy (non-hydrogen) atoms. The highest BCUT2D eigenvalue weighted by Crippen LogP contribution is 2.29. The summed E-state index contributed by atoms with van der Waals surface area (Å²) in [6.45, 7) is 0.684. The third-order valence-corrected chi connectivity index (χ3v) is 3.95. The Morgan fingerprint density at radius 3 is 2.38 bits per heavy atom. The van der Waals surface area contributed by atoms with Crippen LogP contribution in [0.15, 0.2) is 34.6 Å². The second-order valence-electron chi connectivity index (χ2n) is 4.53. The van der Waals surface area contributed by atoms with Crippen LogP contribution in [-0.2, 0) is 19.3 Å². The van der Waals surface area contributed by atoms with Gasteiger partial charge in [0.15, 0.2) is 11.7 Å². The highest BCUT2D eigenvalue weighted by molar-refractivity contribution is 14.0. The summed E-state index contributed by atoms with van der Waals surface area (Å²) in [4.78, 5) is 7.56. The van der Waals surface area contributed by atoms with Crippen molar-refractivity contribution in [3.63, 3.8) is 0 Å². The minimum atomic E-state index is -4.41. The van der Waals surface area contributed by atoms with E-state index in [1.54, 1.807) is 19.2 Å². The molecule has 0 radical (unpaired) electrons. The predicted molar refractivity (Wildman–Crippen MR) is 101 cm³/mol.